The molecule has 96 valence electrons. The van der Waals surface area contributed by atoms with E-state index in [0.717, 1.165) is 25.2 Å². The predicted octanol–water partition coefficient (Wildman–Crippen LogP) is 2.63. The van der Waals surface area contributed by atoms with E-state index < -0.39 is 5.60 Å². The summed E-state index contributed by atoms with van der Waals surface area (Å²) in [6.07, 6.45) is 7.81. The van der Waals surface area contributed by atoms with Crippen LogP contribution in [0.25, 0.3) is 0 Å². The van der Waals surface area contributed by atoms with Gasteiger partial charge in [-0.1, -0.05) is 26.7 Å². The number of hydrogen-bond donors (Lipinski definition) is 1. The van der Waals surface area contributed by atoms with Crippen LogP contribution in [-0.4, -0.2) is 20.3 Å². The Kier molecular flexibility index (Phi) is 3.57. The predicted molar refractivity (Wildman–Crippen MR) is 68.7 cm³/mol. The van der Waals surface area contributed by atoms with Crippen LogP contribution < -0.4 is 0 Å². The molecule has 0 bridgehead atoms. The Morgan fingerprint density at radius 1 is 1.53 bits per heavy atom. The first-order valence-corrected chi connectivity index (χ1v) is 6.79. The first-order chi connectivity index (χ1) is 8.07. The summed E-state index contributed by atoms with van der Waals surface area (Å²) in [5, 5.41) is 10.8. The van der Waals surface area contributed by atoms with Crippen LogP contribution in [0.5, 0.6) is 0 Å². The van der Waals surface area contributed by atoms with Crippen LogP contribution in [0.3, 0.4) is 0 Å². The lowest BCUT2D eigenvalue weighted by molar-refractivity contribution is -0.0638. The zero-order chi connectivity index (χ0) is 12.5. The highest BCUT2D eigenvalue weighted by Gasteiger charge is 2.40. The maximum Gasteiger partial charge on any atom is 0.111 e. The lowest BCUT2D eigenvalue weighted by Gasteiger charge is -2.42. The van der Waals surface area contributed by atoms with E-state index in [1.54, 1.807) is 0 Å². The van der Waals surface area contributed by atoms with E-state index in [4.69, 9.17) is 0 Å². The molecule has 3 nitrogen and oxygen atoms in total. The van der Waals surface area contributed by atoms with Gasteiger partial charge in [0.2, 0.25) is 0 Å². The molecule has 3 unspecified atom stereocenters. The molecule has 1 aromatic rings. The number of nitrogens with zero attached hydrogens (tertiary/aromatic N) is 2. The summed E-state index contributed by atoms with van der Waals surface area (Å²) >= 11 is 0. The van der Waals surface area contributed by atoms with Crippen molar-refractivity contribution in [1.29, 1.82) is 0 Å². The van der Waals surface area contributed by atoms with Crippen molar-refractivity contribution in [2.75, 3.05) is 0 Å². The molecule has 0 aliphatic heterocycles. The molecule has 3 heteroatoms. The lowest BCUT2D eigenvalue weighted by Crippen LogP contribution is -2.45. The molecule has 17 heavy (non-hydrogen) atoms. The first-order valence-electron chi connectivity index (χ1n) is 6.79. The third-order valence-corrected chi connectivity index (χ3v) is 4.58. The summed E-state index contributed by atoms with van der Waals surface area (Å²) in [6.45, 7) is 7.47. The van der Waals surface area contributed by atoms with Gasteiger partial charge in [-0.05, 0) is 25.2 Å². The van der Waals surface area contributed by atoms with Crippen LogP contribution in [-0.2, 0) is 13.0 Å². The van der Waals surface area contributed by atoms with Crippen LogP contribution in [0.2, 0.25) is 0 Å². The average Bonchev–Trinajstić information content (AvgIpc) is 2.73. The molecule has 1 N–H and O–H groups in total. The fourth-order valence-electron chi connectivity index (χ4n) is 3.06. The normalized spacial score (nSPS) is 33.9. The van der Waals surface area contributed by atoms with Gasteiger partial charge in [0.1, 0.15) is 5.82 Å². The second-order valence-electron chi connectivity index (χ2n) is 5.57. The van der Waals surface area contributed by atoms with Crippen molar-refractivity contribution in [2.45, 2.75) is 58.6 Å². The lowest BCUT2D eigenvalue weighted by atomic mass is 9.69. The Balaban J connectivity index is 2.16. The molecule has 0 spiro atoms. The summed E-state index contributed by atoms with van der Waals surface area (Å²) in [4.78, 5) is 4.39. The van der Waals surface area contributed by atoms with Gasteiger partial charge in [-0.2, -0.15) is 0 Å². The molecule has 1 heterocycles. The van der Waals surface area contributed by atoms with E-state index in [1.807, 2.05) is 12.4 Å². The minimum Gasteiger partial charge on any atom is -0.389 e. The smallest absolute Gasteiger partial charge is 0.111 e. The van der Waals surface area contributed by atoms with Gasteiger partial charge >= 0.3 is 0 Å². The van der Waals surface area contributed by atoms with Crippen molar-refractivity contribution in [3.63, 3.8) is 0 Å². The molecule has 1 saturated carbocycles. The Hall–Kier alpha value is -0.830. The number of hydrogen-bond acceptors (Lipinski definition) is 2. The zero-order valence-corrected chi connectivity index (χ0v) is 11.2. The Morgan fingerprint density at radius 2 is 2.29 bits per heavy atom. The minimum absolute atomic E-state index is 0.359. The molecular weight excluding hydrogens is 212 g/mol. The summed E-state index contributed by atoms with van der Waals surface area (Å²) in [6, 6.07) is 0. The molecule has 0 radical (unpaired) electrons. The molecule has 1 fully saturated rings. The van der Waals surface area contributed by atoms with Gasteiger partial charge in [0.15, 0.2) is 0 Å². The standard InChI is InChI=1S/C14H24N2O/c1-4-16-9-8-15-13(16)10-14(17)7-5-6-11(2)12(14)3/h8-9,11-12,17H,4-7,10H2,1-3H3. The van der Waals surface area contributed by atoms with Crippen molar-refractivity contribution in [3.8, 4) is 0 Å². The van der Waals surface area contributed by atoms with Crippen LogP contribution in [0.4, 0.5) is 0 Å². The van der Waals surface area contributed by atoms with E-state index in [-0.39, 0.29) is 0 Å². The largest absolute Gasteiger partial charge is 0.389 e. The topological polar surface area (TPSA) is 38.0 Å². The van der Waals surface area contributed by atoms with E-state index in [0.29, 0.717) is 18.3 Å². The number of imidazole rings is 1. The molecule has 0 saturated heterocycles. The van der Waals surface area contributed by atoms with Crippen molar-refractivity contribution >= 4 is 0 Å². The summed E-state index contributed by atoms with van der Waals surface area (Å²) in [5.74, 6) is 1.99. The van der Waals surface area contributed by atoms with Crippen LogP contribution in [0.15, 0.2) is 12.4 Å². The van der Waals surface area contributed by atoms with E-state index in [9.17, 15) is 5.11 Å². The second kappa shape index (κ2) is 4.81. The quantitative estimate of drug-likeness (QED) is 0.876. The van der Waals surface area contributed by atoms with Crippen LogP contribution in [0.1, 0.15) is 45.9 Å². The van der Waals surface area contributed by atoms with Gasteiger partial charge in [0.25, 0.3) is 0 Å². The second-order valence-corrected chi connectivity index (χ2v) is 5.57. The molecular formula is C14H24N2O. The molecule has 0 aromatic carbocycles. The Bertz CT molecular complexity index is 374. The highest BCUT2D eigenvalue weighted by molar-refractivity contribution is 5.02. The van der Waals surface area contributed by atoms with Crippen molar-refractivity contribution in [1.82, 2.24) is 9.55 Å². The van der Waals surface area contributed by atoms with E-state index in [1.165, 1.54) is 6.42 Å². The summed E-state index contributed by atoms with van der Waals surface area (Å²) in [5.41, 5.74) is -0.560. The summed E-state index contributed by atoms with van der Waals surface area (Å²) < 4.78 is 2.13. The number of aromatic nitrogens is 2. The third-order valence-electron chi connectivity index (χ3n) is 4.58. The van der Waals surface area contributed by atoms with Gasteiger partial charge in [0, 0.05) is 25.4 Å². The molecule has 3 atom stereocenters. The van der Waals surface area contributed by atoms with Gasteiger partial charge in [0.05, 0.1) is 5.60 Å². The van der Waals surface area contributed by atoms with Crippen molar-refractivity contribution < 1.29 is 5.11 Å². The maximum absolute atomic E-state index is 10.8. The minimum atomic E-state index is -0.560. The van der Waals surface area contributed by atoms with E-state index >= 15 is 0 Å². The maximum atomic E-state index is 10.8. The van der Waals surface area contributed by atoms with Crippen molar-refractivity contribution in [3.05, 3.63) is 18.2 Å². The SMILES string of the molecule is CCn1ccnc1CC1(O)CCCC(C)C1C. The monoisotopic (exact) mass is 236 g/mol. The average molecular weight is 236 g/mol. The molecule has 1 aliphatic carbocycles. The van der Waals surface area contributed by atoms with Gasteiger partial charge in [-0.15, -0.1) is 0 Å². The first kappa shape index (κ1) is 12.6. The molecule has 2 rings (SSSR count). The number of aryl methyl sites for hydroxylation is 1. The van der Waals surface area contributed by atoms with Crippen LogP contribution >= 0.6 is 0 Å². The number of aliphatic hydroxyl groups is 1. The fourth-order valence-corrected chi connectivity index (χ4v) is 3.06. The highest BCUT2D eigenvalue weighted by Crippen LogP contribution is 2.39. The zero-order valence-electron chi connectivity index (χ0n) is 11.2. The molecule has 1 aromatic heterocycles. The molecule has 0 amide bonds. The Labute approximate surface area is 104 Å². The van der Waals surface area contributed by atoms with Gasteiger partial charge in [-0.3, -0.25) is 0 Å². The Morgan fingerprint density at radius 3 is 3.00 bits per heavy atom. The third kappa shape index (κ3) is 2.39. The molecule has 1 aliphatic rings. The van der Waals surface area contributed by atoms with Gasteiger partial charge in [-0.25, -0.2) is 4.98 Å². The highest BCUT2D eigenvalue weighted by atomic mass is 16.3. The van der Waals surface area contributed by atoms with Crippen LogP contribution in [0, 0.1) is 11.8 Å². The van der Waals surface area contributed by atoms with Crippen molar-refractivity contribution in [2.24, 2.45) is 11.8 Å². The summed E-state index contributed by atoms with van der Waals surface area (Å²) in [7, 11) is 0. The van der Waals surface area contributed by atoms with E-state index in [2.05, 4.69) is 30.3 Å². The fraction of sp³-hybridized carbons (Fsp3) is 0.786. The van der Waals surface area contributed by atoms with Gasteiger partial charge < -0.3 is 9.67 Å². The number of rotatable bonds is 3.